The highest BCUT2D eigenvalue weighted by Gasteiger charge is 2.32. The van der Waals surface area contributed by atoms with E-state index in [0.29, 0.717) is 5.56 Å². The Bertz CT molecular complexity index is 1500. The summed E-state index contributed by atoms with van der Waals surface area (Å²) < 4.78 is 45.2. The summed E-state index contributed by atoms with van der Waals surface area (Å²) in [6.45, 7) is 1.56. The van der Waals surface area contributed by atoms with E-state index in [4.69, 9.17) is 4.74 Å². The SMILES string of the molecule is CCOC(=O)c1c(C(=O)Nc2ccc(C(F)(F)F)cc2)nn(-c2cccc([N+](=O)[O-])c2)c1-c1ccccc1. The first-order chi connectivity index (χ1) is 18.1. The van der Waals surface area contributed by atoms with E-state index in [0.717, 1.165) is 24.3 Å². The quantitative estimate of drug-likeness (QED) is 0.183. The first kappa shape index (κ1) is 26.1. The number of non-ortho nitro benzene ring substituents is 1. The molecule has 4 aromatic rings. The molecule has 0 saturated heterocycles. The molecule has 1 heterocycles. The van der Waals surface area contributed by atoms with Crippen LogP contribution in [0, 0.1) is 10.1 Å². The van der Waals surface area contributed by atoms with Crippen molar-refractivity contribution in [2.24, 2.45) is 0 Å². The van der Waals surface area contributed by atoms with Crippen LogP contribution in [-0.4, -0.2) is 33.2 Å². The molecule has 0 fully saturated rings. The van der Waals surface area contributed by atoms with Crippen molar-refractivity contribution in [3.8, 4) is 16.9 Å². The fraction of sp³-hybridized carbons (Fsp3) is 0.115. The standard InChI is InChI=1S/C26H19F3N4O5/c1-2-38-25(35)21-22(24(34)30-18-13-11-17(12-14-18)26(27,28)29)31-32(23(21)16-7-4-3-5-8-16)19-9-6-10-20(15-19)33(36)37/h3-15H,2H2,1H3,(H,30,34). The number of alkyl halides is 3. The lowest BCUT2D eigenvalue weighted by molar-refractivity contribution is -0.384. The average molecular weight is 524 g/mol. The van der Waals surface area contributed by atoms with Gasteiger partial charge in [-0.3, -0.25) is 14.9 Å². The van der Waals surface area contributed by atoms with Gasteiger partial charge >= 0.3 is 12.1 Å². The molecule has 12 heteroatoms. The van der Waals surface area contributed by atoms with Crippen molar-refractivity contribution in [3.63, 3.8) is 0 Å². The first-order valence-electron chi connectivity index (χ1n) is 11.2. The van der Waals surface area contributed by atoms with E-state index in [1.165, 1.54) is 28.9 Å². The van der Waals surface area contributed by atoms with Crippen LogP contribution in [0.1, 0.15) is 33.3 Å². The number of benzene rings is 3. The number of aromatic nitrogens is 2. The van der Waals surface area contributed by atoms with Crippen molar-refractivity contribution >= 4 is 23.3 Å². The number of amides is 1. The van der Waals surface area contributed by atoms with Crippen LogP contribution in [0.3, 0.4) is 0 Å². The minimum Gasteiger partial charge on any atom is -0.462 e. The number of nitrogens with one attached hydrogen (secondary N) is 1. The van der Waals surface area contributed by atoms with Gasteiger partial charge in [-0.1, -0.05) is 36.4 Å². The Hall–Kier alpha value is -5.00. The number of nitro groups is 1. The summed E-state index contributed by atoms with van der Waals surface area (Å²) in [5, 5.41) is 18.1. The minimum absolute atomic E-state index is 0.0188. The van der Waals surface area contributed by atoms with E-state index >= 15 is 0 Å². The number of carbonyl (C=O) groups is 2. The molecule has 1 N–H and O–H groups in total. The number of rotatable bonds is 7. The molecule has 0 saturated carbocycles. The van der Waals surface area contributed by atoms with Crippen molar-refractivity contribution < 1.29 is 32.4 Å². The minimum atomic E-state index is -4.55. The predicted molar refractivity (Wildman–Crippen MR) is 131 cm³/mol. The number of halogens is 3. The van der Waals surface area contributed by atoms with E-state index < -0.39 is 28.5 Å². The Morgan fingerprint density at radius 3 is 2.32 bits per heavy atom. The lowest BCUT2D eigenvalue weighted by atomic mass is 10.0. The second kappa shape index (κ2) is 10.5. The molecule has 194 valence electrons. The van der Waals surface area contributed by atoms with Crippen molar-refractivity contribution in [2.45, 2.75) is 13.1 Å². The third kappa shape index (κ3) is 5.38. The molecule has 0 aliphatic heterocycles. The highest BCUT2D eigenvalue weighted by Crippen LogP contribution is 2.33. The van der Waals surface area contributed by atoms with Crippen LogP contribution in [0.5, 0.6) is 0 Å². The topological polar surface area (TPSA) is 116 Å². The Labute approximate surface area is 213 Å². The molecule has 3 aromatic carbocycles. The molecule has 0 spiro atoms. The van der Waals surface area contributed by atoms with Gasteiger partial charge in [-0.05, 0) is 37.3 Å². The molecule has 1 aromatic heterocycles. The van der Waals surface area contributed by atoms with Gasteiger partial charge in [0.05, 0.1) is 28.5 Å². The number of nitrogens with zero attached hydrogens (tertiary/aromatic N) is 3. The van der Waals surface area contributed by atoms with Crippen LogP contribution in [-0.2, 0) is 10.9 Å². The normalized spacial score (nSPS) is 11.2. The van der Waals surface area contributed by atoms with Crippen molar-refractivity contribution in [2.75, 3.05) is 11.9 Å². The van der Waals surface area contributed by atoms with Gasteiger partial charge in [-0.2, -0.15) is 18.3 Å². The van der Waals surface area contributed by atoms with E-state index in [1.807, 2.05) is 0 Å². The zero-order chi connectivity index (χ0) is 27.4. The summed E-state index contributed by atoms with van der Waals surface area (Å²) in [6.07, 6.45) is -4.55. The summed E-state index contributed by atoms with van der Waals surface area (Å²) in [7, 11) is 0. The Morgan fingerprint density at radius 1 is 1.03 bits per heavy atom. The van der Waals surface area contributed by atoms with Gasteiger partial charge in [0.1, 0.15) is 5.56 Å². The molecule has 4 rings (SSSR count). The fourth-order valence-corrected chi connectivity index (χ4v) is 3.69. The first-order valence-corrected chi connectivity index (χ1v) is 11.2. The van der Waals surface area contributed by atoms with Gasteiger partial charge < -0.3 is 10.1 Å². The van der Waals surface area contributed by atoms with Crippen molar-refractivity contribution in [1.82, 2.24) is 9.78 Å². The zero-order valence-electron chi connectivity index (χ0n) is 19.7. The van der Waals surface area contributed by atoms with Crippen LogP contribution in [0.25, 0.3) is 16.9 Å². The van der Waals surface area contributed by atoms with Crippen LogP contribution in [0.15, 0.2) is 78.9 Å². The average Bonchev–Trinajstić information content (AvgIpc) is 3.30. The maximum atomic E-state index is 13.3. The van der Waals surface area contributed by atoms with E-state index in [9.17, 15) is 32.9 Å². The number of esters is 1. The summed E-state index contributed by atoms with van der Waals surface area (Å²) >= 11 is 0. The number of hydrogen-bond acceptors (Lipinski definition) is 6. The third-order valence-electron chi connectivity index (χ3n) is 5.38. The van der Waals surface area contributed by atoms with Crippen molar-refractivity contribution in [1.29, 1.82) is 0 Å². The Balaban J connectivity index is 1.88. The predicted octanol–water partition coefficient (Wildman–Crippen LogP) is 5.90. The molecule has 38 heavy (non-hydrogen) atoms. The lowest BCUT2D eigenvalue weighted by Crippen LogP contribution is -2.18. The molecular formula is C26H19F3N4O5. The largest absolute Gasteiger partial charge is 0.462 e. The number of anilines is 1. The van der Waals surface area contributed by atoms with Crippen LogP contribution in [0.4, 0.5) is 24.5 Å². The second-order valence-electron chi connectivity index (χ2n) is 7.88. The van der Waals surface area contributed by atoms with Crippen LogP contribution < -0.4 is 5.32 Å². The smallest absolute Gasteiger partial charge is 0.416 e. The molecule has 0 radical (unpaired) electrons. The summed E-state index contributed by atoms with van der Waals surface area (Å²) in [5.74, 6) is -1.77. The highest BCUT2D eigenvalue weighted by molar-refractivity contribution is 6.12. The molecule has 0 atom stereocenters. The summed E-state index contributed by atoms with van der Waals surface area (Å²) in [4.78, 5) is 37.2. The Morgan fingerprint density at radius 2 is 1.71 bits per heavy atom. The number of hydrogen-bond donors (Lipinski definition) is 1. The molecule has 0 unspecified atom stereocenters. The highest BCUT2D eigenvalue weighted by atomic mass is 19.4. The third-order valence-corrected chi connectivity index (χ3v) is 5.38. The molecule has 0 aliphatic carbocycles. The summed E-state index contributed by atoms with van der Waals surface area (Å²) in [6, 6.07) is 17.6. The van der Waals surface area contributed by atoms with E-state index in [1.54, 1.807) is 37.3 Å². The van der Waals surface area contributed by atoms with Gasteiger partial charge in [-0.25, -0.2) is 9.48 Å². The molecule has 1 amide bonds. The van der Waals surface area contributed by atoms with Crippen molar-refractivity contribution in [3.05, 3.63) is 106 Å². The monoisotopic (exact) mass is 524 g/mol. The fourth-order valence-electron chi connectivity index (χ4n) is 3.69. The van der Waals surface area contributed by atoms with Gasteiger partial charge in [0.2, 0.25) is 0 Å². The van der Waals surface area contributed by atoms with Crippen LogP contribution >= 0.6 is 0 Å². The Kier molecular flexibility index (Phi) is 7.24. The van der Waals surface area contributed by atoms with Gasteiger partial charge in [0, 0.05) is 23.4 Å². The molecule has 9 nitrogen and oxygen atoms in total. The zero-order valence-corrected chi connectivity index (χ0v) is 19.7. The van der Waals surface area contributed by atoms with E-state index in [2.05, 4.69) is 10.4 Å². The summed E-state index contributed by atoms with van der Waals surface area (Å²) in [5.41, 5.74) is -0.913. The second-order valence-corrected chi connectivity index (χ2v) is 7.88. The molecule has 0 aliphatic rings. The number of nitro benzene ring substituents is 1. The molecule has 0 bridgehead atoms. The number of carbonyl (C=O) groups excluding carboxylic acids is 2. The van der Waals surface area contributed by atoms with Gasteiger partial charge in [-0.15, -0.1) is 0 Å². The maximum Gasteiger partial charge on any atom is 0.416 e. The maximum absolute atomic E-state index is 13.3. The van der Waals surface area contributed by atoms with E-state index in [-0.39, 0.29) is 40.6 Å². The van der Waals surface area contributed by atoms with Gasteiger partial charge in [0.25, 0.3) is 11.6 Å². The lowest BCUT2D eigenvalue weighted by Gasteiger charge is -2.10. The molecular weight excluding hydrogens is 505 g/mol. The van der Waals surface area contributed by atoms with Gasteiger partial charge in [0.15, 0.2) is 5.69 Å². The number of ether oxygens (including phenoxy) is 1. The van der Waals surface area contributed by atoms with Crippen LogP contribution in [0.2, 0.25) is 0 Å².